The number of aromatic carboxylic acids is 2. The summed E-state index contributed by atoms with van der Waals surface area (Å²) in [4.78, 5) is 33.9. The zero-order valence-electron chi connectivity index (χ0n) is 11.1. The van der Waals surface area contributed by atoms with E-state index in [-0.39, 0.29) is 11.3 Å². The minimum atomic E-state index is -1.47. The van der Waals surface area contributed by atoms with Gasteiger partial charge in [0.1, 0.15) is 11.3 Å². The van der Waals surface area contributed by atoms with Crippen molar-refractivity contribution in [2.24, 2.45) is 0 Å². The Morgan fingerprint density at radius 3 is 2.20 bits per heavy atom. The van der Waals surface area contributed by atoms with Gasteiger partial charge in [0.25, 0.3) is 0 Å². The topological polar surface area (TPSA) is 101 Å². The van der Waals surface area contributed by atoms with Gasteiger partial charge in [0.2, 0.25) is 0 Å². The monoisotopic (exact) mass is 278 g/mol. The van der Waals surface area contributed by atoms with Crippen LogP contribution in [0.25, 0.3) is 0 Å². The minimum absolute atomic E-state index is 0.0871. The molecule has 106 valence electrons. The number of benzene rings is 1. The van der Waals surface area contributed by atoms with Crippen LogP contribution < -0.4 is 4.74 Å². The number of carboxylic acids is 2. The highest BCUT2D eigenvalue weighted by atomic mass is 16.5. The van der Waals surface area contributed by atoms with Crippen molar-refractivity contribution >= 4 is 17.9 Å². The Bertz CT molecular complexity index is 600. The van der Waals surface area contributed by atoms with E-state index in [2.05, 4.69) is 6.58 Å². The maximum Gasteiger partial charge on any atom is 0.340 e. The van der Waals surface area contributed by atoms with E-state index in [1.165, 1.54) is 19.1 Å². The Morgan fingerprint density at radius 1 is 1.20 bits per heavy atom. The average molecular weight is 278 g/mol. The summed E-state index contributed by atoms with van der Waals surface area (Å²) in [5.41, 5.74) is -0.447. The van der Waals surface area contributed by atoms with Crippen LogP contribution in [-0.4, -0.2) is 28.1 Å². The van der Waals surface area contributed by atoms with Crippen LogP contribution in [0.5, 0.6) is 5.75 Å². The molecule has 1 rings (SSSR count). The molecule has 0 saturated heterocycles. The van der Waals surface area contributed by atoms with Gasteiger partial charge in [0.05, 0.1) is 5.56 Å². The second-order valence-electron chi connectivity index (χ2n) is 4.11. The molecule has 0 atom stereocenters. The van der Waals surface area contributed by atoms with Crippen molar-refractivity contribution in [2.75, 3.05) is 0 Å². The molecule has 0 heterocycles. The van der Waals surface area contributed by atoms with Gasteiger partial charge < -0.3 is 14.9 Å². The number of esters is 1. The lowest BCUT2D eigenvalue weighted by molar-refractivity contribution is -0.130. The number of rotatable bonds is 5. The molecule has 0 aliphatic carbocycles. The number of carbonyl (C=O) groups is 3. The van der Waals surface area contributed by atoms with Crippen LogP contribution >= 0.6 is 0 Å². The lowest BCUT2D eigenvalue weighted by atomic mass is 10.0. The molecule has 0 unspecified atom stereocenters. The maximum atomic E-state index is 11.6. The number of hydrogen-bond donors (Lipinski definition) is 2. The summed E-state index contributed by atoms with van der Waals surface area (Å²) >= 11 is 0. The first-order chi connectivity index (χ1) is 9.29. The number of carboxylic acid groups (broad SMARTS) is 2. The van der Waals surface area contributed by atoms with Crippen molar-refractivity contribution in [3.8, 4) is 5.75 Å². The summed E-state index contributed by atoms with van der Waals surface area (Å²) in [6, 6.07) is 2.61. The quantitative estimate of drug-likeness (QED) is 0.486. The van der Waals surface area contributed by atoms with Crippen LogP contribution in [-0.2, 0) is 11.2 Å². The molecular formula is C14H14O6. The van der Waals surface area contributed by atoms with E-state index >= 15 is 0 Å². The Morgan fingerprint density at radius 2 is 1.80 bits per heavy atom. The molecule has 0 bridgehead atoms. The minimum Gasteiger partial charge on any atom is -0.478 e. The first-order valence-corrected chi connectivity index (χ1v) is 5.79. The molecule has 6 nitrogen and oxygen atoms in total. The number of ether oxygens (including phenoxy) is 1. The van der Waals surface area contributed by atoms with Gasteiger partial charge in [-0.25, -0.2) is 14.4 Å². The normalized spacial score (nSPS) is 9.90. The average Bonchev–Trinajstić information content (AvgIpc) is 2.37. The predicted octanol–water partition coefficient (Wildman–Crippen LogP) is 2.13. The Kier molecular flexibility index (Phi) is 4.63. The summed E-state index contributed by atoms with van der Waals surface area (Å²) < 4.78 is 5.00. The summed E-state index contributed by atoms with van der Waals surface area (Å²) in [5, 5.41) is 18.2. The Balaban J connectivity index is 3.54. The Hall–Kier alpha value is -2.63. The molecule has 2 N–H and O–H groups in total. The lowest BCUT2D eigenvalue weighted by Crippen LogP contribution is -2.16. The van der Waals surface area contributed by atoms with Crippen molar-refractivity contribution in [1.29, 1.82) is 0 Å². The van der Waals surface area contributed by atoms with Gasteiger partial charge in [-0.3, -0.25) is 0 Å². The zero-order valence-corrected chi connectivity index (χ0v) is 11.1. The molecule has 0 saturated carbocycles. The summed E-state index contributed by atoms with van der Waals surface area (Å²) in [5.74, 6) is -3.92. The lowest BCUT2D eigenvalue weighted by Gasteiger charge is -2.13. The first-order valence-electron chi connectivity index (χ1n) is 5.79. The van der Waals surface area contributed by atoms with Crippen LogP contribution in [0.2, 0.25) is 0 Å². The third-order valence-electron chi connectivity index (χ3n) is 2.61. The highest BCUT2D eigenvalue weighted by molar-refractivity contribution is 6.05. The van der Waals surface area contributed by atoms with E-state index in [1.807, 2.05) is 0 Å². The maximum absolute atomic E-state index is 11.6. The van der Waals surface area contributed by atoms with Crippen molar-refractivity contribution in [2.45, 2.75) is 20.3 Å². The van der Waals surface area contributed by atoms with Gasteiger partial charge in [-0.2, -0.15) is 0 Å². The molecule has 0 fully saturated rings. The van der Waals surface area contributed by atoms with E-state index in [0.717, 1.165) is 0 Å². The van der Waals surface area contributed by atoms with Gasteiger partial charge in [0, 0.05) is 5.57 Å². The number of carbonyl (C=O) groups excluding carboxylic acids is 1. The molecule has 20 heavy (non-hydrogen) atoms. The van der Waals surface area contributed by atoms with Crippen molar-refractivity contribution < 1.29 is 29.3 Å². The number of hydrogen-bond acceptors (Lipinski definition) is 4. The smallest absolute Gasteiger partial charge is 0.340 e. The second kappa shape index (κ2) is 6.01. The van der Waals surface area contributed by atoms with E-state index in [1.54, 1.807) is 6.92 Å². The van der Waals surface area contributed by atoms with Gasteiger partial charge in [-0.15, -0.1) is 0 Å². The molecular weight excluding hydrogens is 264 g/mol. The summed E-state index contributed by atoms with van der Waals surface area (Å²) in [7, 11) is 0. The molecule has 0 amide bonds. The molecule has 0 spiro atoms. The van der Waals surface area contributed by atoms with E-state index < -0.39 is 29.0 Å². The SMILES string of the molecule is C=C(C)C(=O)Oc1c(CC)ccc(C(=O)O)c1C(=O)O. The van der Waals surface area contributed by atoms with Crippen LogP contribution in [0, 0.1) is 0 Å². The van der Waals surface area contributed by atoms with Crippen LogP contribution in [0.4, 0.5) is 0 Å². The second-order valence-corrected chi connectivity index (χ2v) is 4.11. The Labute approximate surface area is 115 Å². The highest BCUT2D eigenvalue weighted by Crippen LogP contribution is 2.29. The van der Waals surface area contributed by atoms with Gasteiger partial charge in [-0.05, 0) is 25.0 Å². The molecule has 0 aliphatic rings. The number of aryl methyl sites for hydroxylation is 1. The van der Waals surface area contributed by atoms with Crippen LogP contribution in [0.15, 0.2) is 24.3 Å². The fourth-order valence-electron chi connectivity index (χ4n) is 1.59. The van der Waals surface area contributed by atoms with Crippen LogP contribution in [0.1, 0.15) is 40.1 Å². The highest BCUT2D eigenvalue weighted by Gasteiger charge is 2.25. The molecule has 0 radical (unpaired) electrons. The molecule has 6 heteroatoms. The predicted molar refractivity (Wildman–Crippen MR) is 70.2 cm³/mol. The third-order valence-corrected chi connectivity index (χ3v) is 2.61. The van der Waals surface area contributed by atoms with Crippen molar-refractivity contribution in [1.82, 2.24) is 0 Å². The molecule has 1 aromatic carbocycles. The molecule has 0 aromatic heterocycles. The third kappa shape index (κ3) is 3.03. The summed E-state index contributed by atoms with van der Waals surface area (Å²) in [6.07, 6.45) is 0.388. The molecule has 1 aromatic rings. The van der Waals surface area contributed by atoms with Gasteiger partial charge >= 0.3 is 17.9 Å². The van der Waals surface area contributed by atoms with Gasteiger partial charge in [0.15, 0.2) is 0 Å². The van der Waals surface area contributed by atoms with Crippen molar-refractivity contribution in [3.05, 3.63) is 41.0 Å². The fourth-order valence-corrected chi connectivity index (χ4v) is 1.59. The largest absolute Gasteiger partial charge is 0.478 e. The first kappa shape index (κ1) is 15.4. The van der Waals surface area contributed by atoms with Crippen molar-refractivity contribution in [3.63, 3.8) is 0 Å². The fraction of sp³-hybridized carbons (Fsp3) is 0.214. The van der Waals surface area contributed by atoms with E-state index in [0.29, 0.717) is 12.0 Å². The van der Waals surface area contributed by atoms with Gasteiger partial charge in [-0.1, -0.05) is 19.6 Å². The van der Waals surface area contributed by atoms with E-state index in [9.17, 15) is 19.5 Å². The molecule has 0 aliphatic heterocycles. The van der Waals surface area contributed by atoms with Crippen LogP contribution in [0.3, 0.4) is 0 Å². The van der Waals surface area contributed by atoms with E-state index in [4.69, 9.17) is 9.84 Å². The standard InChI is InChI=1S/C14H14O6/c1-4-8-5-6-9(12(15)16)10(13(17)18)11(8)20-14(19)7(2)3/h5-6H,2,4H2,1,3H3,(H,15,16)(H,17,18). The zero-order chi connectivity index (χ0) is 15.4. The summed E-state index contributed by atoms with van der Waals surface area (Å²) in [6.45, 7) is 6.55.